The van der Waals surface area contributed by atoms with Crippen molar-refractivity contribution in [2.45, 2.75) is 64.6 Å². The zero-order valence-electron chi connectivity index (χ0n) is 20.3. The average molecular weight is 464 g/mol. The maximum absolute atomic E-state index is 12.9. The van der Waals surface area contributed by atoms with Gasteiger partial charge in [-0.25, -0.2) is 0 Å². The highest BCUT2D eigenvalue weighted by atomic mass is 16.2. The highest BCUT2D eigenvalue weighted by Gasteiger charge is 2.35. The molecule has 1 heterocycles. The molecule has 1 unspecified atom stereocenters. The van der Waals surface area contributed by atoms with Crippen molar-refractivity contribution in [1.82, 2.24) is 15.5 Å². The van der Waals surface area contributed by atoms with Crippen LogP contribution in [-0.4, -0.2) is 42.0 Å². The normalized spacial score (nSPS) is 13.9. The van der Waals surface area contributed by atoms with E-state index in [0.29, 0.717) is 25.1 Å². The van der Waals surface area contributed by atoms with Gasteiger partial charge in [-0.1, -0.05) is 57.2 Å². The Balaban J connectivity index is 1.61. The van der Waals surface area contributed by atoms with Gasteiger partial charge in [0.25, 0.3) is 5.91 Å². The molecule has 7 nitrogen and oxygen atoms in total. The molecule has 0 aliphatic carbocycles. The van der Waals surface area contributed by atoms with Gasteiger partial charge in [-0.3, -0.25) is 14.4 Å². The molecule has 2 N–H and O–H groups in total. The van der Waals surface area contributed by atoms with Gasteiger partial charge in [-0.15, -0.1) is 0 Å². The third-order valence-corrected chi connectivity index (χ3v) is 6.16. The first-order chi connectivity index (χ1) is 16.1. The number of hydrogen-bond donors (Lipinski definition) is 2. The van der Waals surface area contributed by atoms with Crippen LogP contribution in [-0.2, 0) is 39.3 Å². The van der Waals surface area contributed by atoms with Crippen LogP contribution in [0.25, 0.3) is 0 Å². The Bertz CT molecular complexity index is 1070. The molecular formula is C27H33N3O4. The van der Waals surface area contributed by atoms with Gasteiger partial charge in [0.05, 0.1) is 6.42 Å². The Labute approximate surface area is 200 Å². The highest BCUT2D eigenvalue weighted by Crippen LogP contribution is 2.27. The molecule has 2 aromatic carbocycles. The summed E-state index contributed by atoms with van der Waals surface area (Å²) in [5.74, 6) is -0.579. The summed E-state index contributed by atoms with van der Waals surface area (Å²) < 4.78 is 0. The van der Waals surface area contributed by atoms with Crippen molar-refractivity contribution in [1.29, 1.82) is 0 Å². The maximum Gasteiger partial charge on any atom is 0.255 e. The molecule has 0 fully saturated rings. The summed E-state index contributed by atoms with van der Waals surface area (Å²) in [5.41, 5.74) is 4.50. The smallest absolute Gasteiger partial charge is 0.255 e. The van der Waals surface area contributed by atoms with E-state index in [1.165, 1.54) is 17.5 Å². The van der Waals surface area contributed by atoms with Gasteiger partial charge in [0.2, 0.25) is 11.8 Å². The predicted molar refractivity (Wildman–Crippen MR) is 130 cm³/mol. The molecule has 3 rings (SSSR count). The molecule has 0 saturated carbocycles. The summed E-state index contributed by atoms with van der Waals surface area (Å²) in [5, 5.41) is 5.52. The maximum atomic E-state index is 12.9. The molecule has 0 aromatic heterocycles. The summed E-state index contributed by atoms with van der Waals surface area (Å²) in [6, 6.07) is 12.9. The van der Waals surface area contributed by atoms with Crippen LogP contribution >= 0.6 is 0 Å². The molecule has 0 saturated heterocycles. The molecule has 0 radical (unpaired) electrons. The fourth-order valence-electron chi connectivity index (χ4n) is 4.15. The quantitative estimate of drug-likeness (QED) is 0.559. The van der Waals surface area contributed by atoms with Gasteiger partial charge in [-0.2, -0.15) is 0 Å². The fourth-order valence-corrected chi connectivity index (χ4v) is 4.15. The van der Waals surface area contributed by atoms with Gasteiger partial charge in [0.15, 0.2) is 0 Å². The standard InChI is InChI=1S/C27H33N3O4/c1-27(2,3)21-10-7-18(8-11-21)15-24(32)29-16-19-9-12-22-20(14-19)17-30(26(22)34)23(6-5-13-31)25(33)28-4/h7-14,23H,5-6,15-17H2,1-4H3,(H,28,33)(H,29,32). The van der Waals surface area contributed by atoms with Gasteiger partial charge < -0.3 is 20.3 Å². The minimum Gasteiger partial charge on any atom is -0.357 e. The van der Waals surface area contributed by atoms with E-state index in [2.05, 4.69) is 43.5 Å². The monoisotopic (exact) mass is 463 g/mol. The van der Waals surface area contributed by atoms with Crippen molar-refractivity contribution in [3.8, 4) is 0 Å². The van der Waals surface area contributed by atoms with Crippen molar-refractivity contribution in [3.05, 3.63) is 70.3 Å². The number of benzene rings is 2. The number of rotatable bonds is 9. The first-order valence-electron chi connectivity index (χ1n) is 11.6. The minimum atomic E-state index is -0.692. The van der Waals surface area contributed by atoms with Crippen LogP contribution in [0, 0.1) is 0 Å². The van der Waals surface area contributed by atoms with E-state index in [4.69, 9.17) is 0 Å². The molecule has 1 aliphatic rings. The van der Waals surface area contributed by atoms with E-state index >= 15 is 0 Å². The number of likely N-dealkylation sites (N-methyl/N-ethyl adjacent to an activating group) is 1. The lowest BCUT2D eigenvalue weighted by molar-refractivity contribution is -0.125. The average Bonchev–Trinajstić information content (AvgIpc) is 3.13. The van der Waals surface area contributed by atoms with Crippen LogP contribution in [0.1, 0.15) is 66.2 Å². The number of carbonyl (C=O) groups is 4. The number of fused-ring (bicyclic) bond motifs is 1. The Morgan fingerprint density at radius 3 is 2.38 bits per heavy atom. The lowest BCUT2D eigenvalue weighted by Crippen LogP contribution is -2.46. The zero-order chi connectivity index (χ0) is 24.9. The second-order valence-electron chi connectivity index (χ2n) is 9.70. The first kappa shape index (κ1) is 25.1. The molecule has 0 spiro atoms. The summed E-state index contributed by atoms with van der Waals surface area (Å²) in [6.07, 6.45) is 1.53. The minimum absolute atomic E-state index is 0.0696. The lowest BCUT2D eigenvalue weighted by Gasteiger charge is -2.25. The van der Waals surface area contributed by atoms with Crippen LogP contribution in [0.5, 0.6) is 0 Å². The Hall–Kier alpha value is -3.48. The molecule has 1 atom stereocenters. The number of hydrogen-bond acceptors (Lipinski definition) is 4. The molecule has 0 bridgehead atoms. The number of nitrogens with zero attached hydrogens (tertiary/aromatic N) is 1. The van der Waals surface area contributed by atoms with Gasteiger partial charge in [-0.05, 0) is 40.2 Å². The fraction of sp³-hybridized carbons (Fsp3) is 0.407. The van der Waals surface area contributed by atoms with E-state index in [-0.39, 0.29) is 36.0 Å². The number of amides is 3. The highest BCUT2D eigenvalue weighted by molar-refractivity contribution is 6.01. The molecular weight excluding hydrogens is 430 g/mol. The third kappa shape index (κ3) is 5.90. The van der Waals surface area contributed by atoms with Gasteiger partial charge >= 0.3 is 0 Å². The summed E-state index contributed by atoms with van der Waals surface area (Å²) in [4.78, 5) is 49.9. The lowest BCUT2D eigenvalue weighted by atomic mass is 9.86. The van der Waals surface area contributed by atoms with Crippen molar-refractivity contribution in [3.63, 3.8) is 0 Å². The van der Waals surface area contributed by atoms with Crippen molar-refractivity contribution >= 4 is 24.0 Å². The van der Waals surface area contributed by atoms with Crippen LogP contribution in [0.4, 0.5) is 0 Å². The number of aldehydes is 1. The van der Waals surface area contributed by atoms with Crippen molar-refractivity contribution in [2.75, 3.05) is 7.05 Å². The Kier molecular flexibility index (Phi) is 7.87. The van der Waals surface area contributed by atoms with E-state index in [9.17, 15) is 19.2 Å². The molecule has 7 heteroatoms. The Morgan fingerprint density at radius 1 is 1.09 bits per heavy atom. The van der Waals surface area contributed by atoms with E-state index in [1.807, 2.05) is 24.3 Å². The second-order valence-corrected chi connectivity index (χ2v) is 9.70. The second kappa shape index (κ2) is 10.6. The predicted octanol–water partition coefficient (Wildman–Crippen LogP) is 2.89. The van der Waals surface area contributed by atoms with Gasteiger partial charge in [0, 0.05) is 32.1 Å². The molecule has 2 aromatic rings. The topological polar surface area (TPSA) is 95.6 Å². The van der Waals surface area contributed by atoms with Crippen LogP contribution in [0.15, 0.2) is 42.5 Å². The molecule has 3 amide bonds. The molecule has 180 valence electrons. The summed E-state index contributed by atoms with van der Waals surface area (Å²) >= 11 is 0. The van der Waals surface area contributed by atoms with E-state index in [1.54, 1.807) is 6.07 Å². The summed E-state index contributed by atoms with van der Waals surface area (Å²) in [7, 11) is 1.52. The third-order valence-electron chi connectivity index (χ3n) is 6.16. The van der Waals surface area contributed by atoms with E-state index in [0.717, 1.165) is 23.0 Å². The molecule has 34 heavy (non-hydrogen) atoms. The zero-order valence-corrected chi connectivity index (χ0v) is 20.3. The Morgan fingerprint density at radius 2 is 1.76 bits per heavy atom. The van der Waals surface area contributed by atoms with Crippen LogP contribution in [0.3, 0.4) is 0 Å². The van der Waals surface area contributed by atoms with Crippen molar-refractivity contribution < 1.29 is 19.2 Å². The SMILES string of the molecule is CNC(=O)C(CCC=O)N1Cc2cc(CNC(=O)Cc3ccc(C(C)(C)C)cc3)ccc2C1=O. The number of nitrogens with one attached hydrogen (secondary N) is 2. The van der Waals surface area contributed by atoms with Gasteiger partial charge in [0.1, 0.15) is 12.3 Å². The number of carbonyl (C=O) groups excluding carboxylic acids is 4. The van der Waals surface area contributed by atoms with Crippen LogP contribution in [0.2, 0.25) is 0 Å². The molecule has 1 aliphatic heterocycles. The van der Waals surface area contributed by atoms with Crippen molar-refractivity contribution in [2.24, 2.45) is 0 Å². The van der Waals surface area contributed by atoms with Crippen LogP contribution < -0.4 is 10.6 Å². The summed E-state index contributed by atoms with van der Waals surface area (Å²) in [6.45, 7) is 7.11. The first-order valence-corrected chi connectivity index (χ1v) is 11.6. The largest absolute Gasteiger partial charge is 0.357 e. The van der Waals surface area contributed by atoms with E-state index < -0.39 is 6.04 Å².